The summed E-state index contributed by atoms with van der Waals surface area (Å²) in [6, 6.07) is 13.5. The molecule has 0 unspecified atom stereocenters. The lowest BCUT2D eigenvalue weighted by atomic mass is 10.1. The lowest BCUT2D eigenvalue weighted by Gasteiger charge is -2.07. The summed E-state index contributed by atoms with van der Waals surface area (Å²) < 4.78 is 0. The molecule has 0 aliphatic carbocycles. The van der Waals surface area contributed by atoms with E-state index >= 15 is 0 Å². The number of nitrogens with two attached hydrogens (primary N) is 1. The van der Waals surface area contributed by atoms with E-state index in [1.807, 2.05) is 6.07 Å². The van der Waals surface area contributed by atoms with Gasteiger partial charge in [0.15, 0.2) is 0 Å². The van der Waals surface area contributed by atoms with E-state index in [1.54, 1.807) is 36.4 Å². The van der Waals surface area contributed by atoms with Gasteiger partial charge in [-0.2, -0.15) is 0 Å². The Morgan fingerprint density at radius 3 is 2.57 bits per heavy atom. The minimum Gasteiger partial charge on any atom is -0.478 e. The van der Waals surface area contributed by atoms with E-state index in [0.29, 0.717) is 24.2 Å². The first kappa shape index (κ1) is 14.6. The molecule has 0 fully saturated rings. The molecule has 1 amide bonds. The van der Waals surface area contributed by atoms with Crippen LogP contribution in [0.2, 0.25) is 0 Å². The minimum atomic E-state index is -0.960. The highest BCUT2D eigenvalue weighted by atomic mass is 16.4. The van der Waals surface area contributed by atoms with E-state index in [2.05, 4.69) is 5.32 Å². The Morgan fingerprint density at radius 2 is 1.86 bits per heavy atom. The Labute approximate surface area is 122 Å². The summed E-state index contributed by atoms with van der Waals surface area (Å²) in [6.07, 6.45) is 0.555. The van der Waals surface area contributed by atoms with Crippen molar-refractivity contribution >= 4 is 17.6 Å². The van der Waals surface area contributed by atoms with Gasteiger partial charge in [0.05, 0.1) is 11.1 Å². The molecular weight excluding hydrogens is 268 g/mol. The van der Waals surface area contributed by atoms with Crippen molar-refractivity contribution in [3.8, 4) is 0 Å². The fourth-order valence-corrected chi connectivity index (χ4v) is 1.98. The van der Waals surface area contributed by atoms with Crippen molar-refractivity contribution in [3.05, 3.63) is 65.2 Å². The number of benzene rings is 2. The maximum Gasteiger partial charge on any atom is 0.335 e. The van der Waals surface area contributed by atoms with Crippen molar-refractivity contribution in [3.63, 3.8) is 0 Å². The Hall–Kier alpha value is -2.82. The number of nitrogens with one attached hydrogen (secondary N) is 1. The summed E-state index contributed by atoms with van der Waals surface area (Å²) >= 11 is 0. The molecule has 0 atom stereocenters. The fraction of sp³-hybridized carbons (Fsp3) is 0.125. The number of carboxylic acid groups (broad SMARTS) is 1. The Bertz CT molecular complexity index is 668. The first-order valence-electron chi connectivity index (χ1n) is 6.53. The van der Waals surface area contributed by atoms with Crippen LogP contribution in [0.15, 0.2) is 48.5 Å². The van der Waals surface area contributed by atoms with Crippen LogP contribution in [-0.2, 0) is 6.42 Å². The van der Waals surface area contributed by atoms with Gasteiger partial charge < -0.3 is 16.2 Å². The van der Waals surface area contributed by atoms with Gasteiger partial charge in [-0.15, -0.1) is 0 Å². The summed E-state index contributed by atoms with van der Waals surface area (Å²) in [5.74, 6) is -1.19. The Morgan fingerprint density at radius 1 is 1.10 bits per heavy atom. The molecule has 2 aromatic carbocycles. The summed E-state index contributed by atoms with van der Waals surface area (Å²) in [5.41, 5.74) is 7.71. The maximum atomic E-state index is 11.9. The number of rotatable bonds is 5. The standard InChI is InChI=1S/C16H16N2O3/c17-14-7-2-1-6-13(14)15(19)18-9-8-11-4-3-5-12(10-11)16(20)21/h1-7,10H,8-9,17H2,(H,18,19)(H,20,21). The van der Waals surface area contributed by atoms with Gasteiger partial charge in [-0.25, -0.2) is 4.79 Å². The molecule has 2 aromatic rings. The fourth-order valence-electron chi connectivity index (χ4n) is 1.98. The van der Waals surface area contributed by atoms with Gasteiger partial charge in [0.25, 0.3) is 5.91 Å². The van der Waals surface area contributed by atoms with Crippen LogP contribution in [0.25, 0.3) is 0 Å². The molecule has 0 aliphatic rings. The number of carbonyl (C=O) groups is 2. The highest BCUT2D eigenvalue weighted by Gasteiger charge is 2.08. The van der Waals surface area contributed by atoms with E-state index in [4.69, 9.17) is 10.8 Å². The third kappa shape index (κ3) is 3.82. The molecule has 4 N–H and O–H groups in total. The molecule has 0 aromatic heterocycles. The first-order chi connectivity index (χ1) is 10.1. The van der Waals surface area contributed by atoms with Gasteiger partial charge in [-0.05, 0) is 36.2 Å². The van der Waals surface area contributed by atoms with Crippen LogP contribution in [0.4, 0.5) is 5.69 Å². The number of carboxylic acids is 1. The number of nitrogen functional groups attached to an aromatic ring is 1. The van der Waals surface area contributed by atoms with Crippen molar-refractivity contribution in [2.45, 2.75) is 6.42 Å². The largest absolute Gasteiger partial charge is 0.478 e. The van der Waals surface area contributed by atoms with Crippen molar-refractivity contribution in [1.82, 2.24) is 5.32 Å². The molecule has 0 aliphatic heterocycles. The van der Waals surface area contributed by atoms with Crippen molar-refractivity contribution in [1.29, 1.82) is 0 Å². The first-order valence-corrected chi connectivity index (χ1v) is 6.53. The molecule has 0 spiro atoms. The van der Waals surface area contributed by atoms with E-state index in [0.717, 1.165) is 5.56 Å². The smallest absolute Gasteiger partial charge is 0.335 e. The van der Waals surface area contributed by atoms with Crippen LogP contribution in [0, 0.1) is 0 Å². The van der Waals surface area contributed by atoms with Crippen LogP contribution in [0.3, 0.4) is 0 Å². The Balaban J connectivity index is 1.93. The predicted octanol–water partition coefficient (Wildman–Crippen LogP) is 1.94. The Kier molecular flexibility index (Phi) is 4.56. The monoisotopic (exact) mass is 284 g/mol. The molecule has 0 radical (unpaired) electrons. The number of aromatic carboxylic acids is 1. The number of amides is 1. The van der Waals surface area contributed by atoms with E-state index in [-0.39, 0.29) is 11.5 Å². The second-order valence-corrected chi connectivity index (χ2v) is 4.60. The third-order valence-electron chi connectivity index (χ3n) is 3.08. The SMILES string of the molecule is Nc1ccccc1C(=O)NCCc1cccc(C(=O)O)c1. The van der Waals surface area contributed by atoms with Crippen molar-refractivity contribution in [2.75, 3.05) is 12.3 Å². The molecule has 0 saturated carbocycles. The number of anilines is 1. The normalized spacial score (nSPS) is 10.1. The van der Waals surface area contributed by atoms with E-state index < -0.39 is 5.97 Å². The van der Waals surface area contributed by atoms with Gasteiger partial charge in [0.1, 0.15) is 0 Å². The van der Waals surface area contributed by atoms with Crippen LogP contribution >= 0.6 is 0 Å². The van der Waals surface area contributed by atoms with Gasteiger partial charge >= 0.3 is 5.97 Å². The minimum absolute atomic E-state index is 0.234. The predicted molar refractivity (Wildman–Crippen MR) is 80.3 cm³/mol. The molecule has 0 saturated heterocycles. The molecule has 2 rings (SSSR count). The highest BCUT2D eigenvalue weighted by molar-refractivity contribution is 5.99. The average molecular weight is 284 g/mol. The molecule has 0 heterocycles. The zero-order valence-corrected chi connectivity index (χ0v) is 11.4. The number of hydrogen-bond donors (Lipinski definition) is 3. The van der Waals surface area contributed by atoms with Crippen LogP contribution in [0.1, 0.15) is 26.3 Å². The average Bonchev–Trinajstić information content (AvgIpc) is 2.48. The van der Waals surface area contributed by atoms with Gasteiger partial charge in [-0.3, -0.25) is 4.79 Å². The number of carbonyl (C=O) groups excluding carboxylic acids is 1. The number of para-hydroxylation sites is 1. The number of hydrogen-bond acceptors (Lipinski definition) is 3. The lowest BCUT2D eigenvalue weighted by molar-refractivity contribution is 0.0696. The summed E-state index contributed by atoms with van der Waals surface area (Å²) in [7, 11) is 0. The second-order valence-electron chi connectivity index (χ2n) is 4.60. The molecule has 5 heteroatoms. The quantitative estimate of drug-likeness (QED) is 0.731. The summed E-state index contributed by atoms with van der Waals surface area (Å²) in [5, 5.41) is 11.7. The lowest BCUT2D eigenvalue weighted by Crippen LogP contribution is -2.26. The molecule has 108 valence electrons. The van der Waals surface area contributed by atoms with Gasteiger partial charge in [-0.1, -0.05) is 24.3 Å². The van der Waals surface area contributed by atoms with Crippen LogP contribution in [0.5, 0.6) is 0 Å². The highest BCUT2D eigenvalue weighted by Crippen LogP contribution is 2.10. The van der Waals surface area contributed by atoms with Crippen LogP contribution in [-0.4, -0.2) is 23.5 Å². The summed E-state index contributed by atoms with van der Waals surface area (Å²) in [6.45, 7) is 0.413. The zero-order valence-electron chi connectivity index (χ0n) is 11.4. The van der Waals surface area contributed by atoms with E-state index in [9.17, 15) is 9.59 Å². The molecule has 5 nitrogen and oxygen atoms in total. The molecule has 21 heavy (non-hydrogen) atoms. The zero-order chi connectivity index (χ0) is 15.2. The second kappa shape index (κ2) is 6.56. The van der Waals surface area contributed by atoms with E-state index in [1.165, 1.54) is 6.07 Å². The molecule has 0 bridgehead atoms. The van der Waals surface area contributed by atoms with Crippen LogP contribution < -0.4 is 11.1 Å². The maximum absolute atomic E-state index is 11.9. The van der Waals surface area contributed by atoms with Gasteiger partial charge in [0.2, 0.25) is 0 Å². The van der Waals surface area contributed by atoms with Gasteiger partial charge in [0, 0.05) is 12.2 Å². The third-order valence-corrected chi connectivity index (χ3v) is 3.08. The van der Waals surface area contributed by atoms with Crippen molar-refractivity contribution < 1.29 is 14.7 Å². The molecular formula is C16H16N2O3. The summed E-state index contributed by atoms with van der Waals surface area (Å²) in [4.78, 5) is 22.8. The topological polar surface area (TPSA) is 92.4 Å². The van der Waals surface area contributed by atoms with Crippen molar-refractivity contribution in [2.24, 2.45) is 0 Å².